The Balaban J connectivity index is 1.65. The van der Waals surface area contributed by atoms with Gasteiger partial charge in [0.15, 0.2) is 0 Å². The molecule has 1 aromatic carbocycles. The van der Waals surface area contributed by atoms with Gasteiger partial charge in [-0.05, 0) is 63.3 Å². The van der Waals surface area contributed by atoms with Gasteiger partial charge >= 0.3 is 0 Å². The molecule has 3 rings (SSSR count). The largest absolute Gasteiger partial charge is 0.326 e. The molecule has 1 aromatic rings. The number of anilines is 1. The van der Waals surface area contributed by atoms with Crippen LogP contribution in [0.1, 0.15) is 37.7 Å². The molecule has 0 radical (unpaired) electrons. The van der Waals surface area contributed by atoms with Crippen LogP contribution in [0.4, 0.5) is 5.69 Å². The second kappa shape index (κ2) is 6.82. The zero-order valence-corrected chi connectivity index (χ0v) is 14.9. The molecule has 2 fully saturated rings. The van der Waals surface area contributed by atoms with Crippen molar-refractivity contribution < 1.29 is 13.2 Å². The fourth-order valence-corrected chi connectivity index (χ4v) is 4.89. The Bertz CT molecular complexity index is 721. The Labute approximate surface area is 143 Å². The molecule has 2 heterocycles. The molecule has 2 aliphatic heterocycles. The molecule has 2 saturated heterocycles. The number of fused-ring (bicyclic) bond motifs is 2. The summed E-state index contributed by atoms with van der Waals surface area (Å²) in [4.78, 5) is 12.5. The summed E-state index contributed by atoms with van der Waals surface area (Å²) >= 11 is 0. The number of hydrogen-bond donors (Lipinski definition) is 3. The Kier molecular flexibility index (Phi) is 4.94. The molecule has 0 aliphatic carbocycles. The summed E-state index contributed by atoms with van der Waals surface area (Å²) in [5.41, 5.74) is 1.17. The maximum atomic E-state index is 12.3. The minimum Gasteiger partial charge on any atom is -0.326 e. The summed E-state index contributed by atoms with van der Waals surface area (Å²) < 4.78 is 26.4. The van der Waals surface area contributed by atoms with E-state index in [0.29, 0.717) is 35.7 Å². The average molecular weight is 351 g/mol. The first-order valence-electron chi connectivity index (χ1n) is 8.47. The van der Waals surface area contributed by atoms with E-state index in [1.54, 1.807) is 19.1 Å². The fourth-order valence-electron chi connectivity index (χ4n) is 3.89. The second-order valence-corrected chi connectivity index (χ2v) is 8.77. The molecule has 1 amide bonds. The van der Waals surface area contributed by atoms with Crippen LogP contribution >= 0.6 is 0 Å². The monoisotopic (exact) mass is 351 g/mol. The van der Waals surface area contributed by atoms with E-state index < -0.39 is 10.0 Å². The summed E-state index contributed by atoms with van der Waals surface area (Å²) in [6.07, 6.45) is 5.03. The zero-order valence-electron chi connectivity index (χ0n) is 14.1. The molecule has 7 heteroatoms. The number of rotatable bonds is 5. The molecule has 2 bridgehead atoms. The highest BCUT2D eigenvalue weighted by molar-refractivity contribution is 7.89. The van der Waals surface area contributed by atoms with E-state index in [0.717, 1.165) is 12.8 Å². The van der Waals surface area contributed by atoms with Crippen molar-refractivity contribution in [3.05, 3.63) is 23.8 Å². The van der Waals surface area contributed by atoms with Crippen LogP contribution in [-0.2, 0) is 14.8 Å². The predicted molar refractivity (Wildman–Crippen MR) is 93.3 cm³/mol. The Morgan fingerprint density at radius 2 is 1.92 bits per heavy atom. The van der Waals surface area contributed by atoms with Gasteiger partial charge < -0.3 is 10.6 Å². The van der Waals surface area contributed by atoms with E-state index in [2.05, 4.69) is 15.4 Å². The van der Waals surface area contributed by atoms with Gasteiger partial charge in [-0.15, -0.1) is 0 Å². The van der Waals surface area contributed by atoms with Crippen molar-refractivity contribution in [3.8, 4) is 0 Å². The van der Waals surface area contributed by atoms with Crippen molar-refractivity contribution in [1.82, 2.24) is 10.0 Å². The SMILES string of the molecule is CNS(=O)(=O)c1cc(NC(=O)CC2CC3CCC(C2)N3)ccc1C. The van der Waals surface area contributed by atoms with E-state index in [4.69, 9.17) is 0 Å². The summed E-state index contributed by atoms with van der Waals surface area (Å²) in [5, 5.41) is 6.43. The predicted octanol–water partition coefficient (Wildman–Crippen LogP) is 1.76. The lowest BCUT2D eigenvalue weighted by Gasteiger charge is -2.28. The van der Waals surface area contributed by atoms with Crippen LogP contribution in [0.15, 0.2) is 23.1 Å². The van der Waals surface area contributed by atoms with Crippen LogP contribution < -0.4 is 15.4 Å². The number of benzene rings is 1. The summed E-state index contributed by atoms with van der Waals surface area (Å²) in [7, 11) is -2.15. The third-order valence-corrected chi connectivity index (χ3v) is 6.63. The minimum absolute atomic E-state index is 0.0436. The highest BCUT2D eigenvalue weighted by Crippen LogP contribution is 2.33. The molecule has 24 heavy (non-hydrogen) atoms. The highest BCUT2D eigenvalue weighted by atomic mass is 32.2. The van der Waals surface area contributed by atoms with E-state index in [9.17, 15) is 13.2 Å². The van der Waals surface area contributed by atoms with Gasteiger partial charge in [0.2, 0.25) is 15.9 Å². The average Bonchev–Trinajstić information content (AvgIpc) is 2.87. The Morgan fingerprint density at radius 1 is 1.25 bits per heavy atom. The number of aryl methyl sites for hydroxylation is 1. The second-order valence-electron chi connectivity index (χ2n) is 6.92. The van der Waals surface area contributed by atoms with Gasteiger partial charge in [0.25, 0.3) is 0 Å². The molecular weight excluding hydrogens is 326 g/mol. The van der Waals surface area contributed by atoms with E-state index in [-0.39, 0.29) is 10.8 Å². The smallest absolute Gasteiger partial charge is 0.240 e. The quantitative estimate of drug-likeness (QED) is 0.754. The molecule has 3 N–H and O–H groups in total. The normalized spacial score (nSPS) is 26.3. The van der Waals surface area contributed by atoms with E-state index >= 15 is 0 Å². The van der Waals surface area contributed by atoms with Gasteiger partial charge in [-0.3, -0.25) is 4.79 Å². The van der Waals surface area contributed by atoms with Crippen LogP contribution in [-0.4, -0.2) is 33.5 Å². The molecule has 2 atom stereocenters. The fraction of sp³-hybridized carbons (Fsp3) is 0.588. The molecule has 0 spiro atoms. The van der Waals surface area contributed by atoms with E-state index in [1.165, 1.54) is 26.0 Å². The molecule has 0 saturated carbocycles. The Hall–Kier alpha value is -1.44. The minimum atomic E-state index is -3.53. The van der Waals surface area contributed by atoms with Crippen LogP contribution in [0.25, 0.3) is 0 Å². The van der Waals surface area contributed by atoms with E-state index in [1.807, 2.05) is 0 Å². The van der Waals surface area contributed by atoms with Crippen molar-refractivity contribution in [2.75, 3.05) is 12.4 Å². The van der Waals surface area contributed by atoms with Crippen molar-refractivity contribution in [2.24, 2.45) is 5.92 Å². The third-order valence-electron chi connectivity index (χ3n) is 5.07. The zero-order chi connectivity index (χ0) is 17.3. The number of sulfonamides is 1. The van der Waals surface area contributed by atoms with Crippen LogP contribution in [0.2, 0.25) is 0 Å². The number of carbonyl (C=O) groups excluding carboxylic acids is 1. The van der Waals surface area contributed by atoms with Crippen molar-refractivity contribution in [3.63, 3.8) is 0 Å². The number of hydrogen-bond acceptors (Lipinski definition) is 4. The highest BCUT2D eigenvalue weighted by Gasteiger charge is 2.34. The molecule has 2 aliphatic rings. The lowest BCUT2D eigenvalue weighted by molar-refractivity contribution is -0.117. The Morgan fingerprint density at radius 3 is 2.54 bits per heavy atom. The van der Waals surface area contributed by atoms with Crippen molar-refractivity contribution in [1.29, 1.82) is 0 Å². The number of amides is 1. The molecule has 132 valence electrons. The van der Waals surface area contributed by atoms with Gasteiger partial charge in [-0.25, -0.2) is 13.1 Å². The molecule has 2 unspecified atom stereocenters. The first-order chi connectivity index (χ1) is 11.4. The van der Waals surface area contributed by atoms with Gasteiger partial charge in [0.05, 0.1) is 4.90 Å². The maximum Gasteiger partial charge on any atom is 0.240 e. The standard InChI is InChI=1S/C17H25N3O3S/c1-11-3-4-15(10-16(11)24(22,23)18-2)20-17(21)9-12-7-13-5-6-14(8-12)19-13/h3-4,10,12-14,18-19H,5-9H2,1-2H3,(H,20,21). The lowest BCUT2D eigenvalue weighted by Crippen LogP contribution is -2.39. The molecule has 6 nitrogen and oxygen atoms in total. The van der Waals surface area contributed by atoms with Gasteiger partial charge in [-0.2, -0.15) is 0 Å². The van der Waals surface area contributed by atoms with Crippen LogP contribution in [0, 0.1) is 12.8 Å². The van der Waals surface area contributed by atoms with Crippen molar-refractivity contribution >= 4 is 21.6 Å². The maximum absolute atomic E-state index is 12.3. The lowest BCUT2D eigenvalue weighted by atomic mass is 9.89. The van der Waals surface area contributed by atoms with Crippen LogP contribution in [0.5, 0.6) is 0 Å². The first-order valence-corrected chi connectivity index (χ1v) is 9.96. The number of carbonyl (C=O) groups is 1. The van der Waals surface area contributed by atoms with Gasteiger partial charge in [0, 0.05) is 24.2 Å². The summed E-state index contributed by atoms with van der Waals surface area (Å²) in [5.74, 6) is 0.368. The number of piperidine rings is 1. The summed E-state index contributed by atoms with van der Waals surface area (Å²) in [6, 6.07) is 6.10. The topological polar surface area (TPSA) is 87.3 Å². The van der Waals surface area contributed by atoms with Crippen molar-refractivity contribution in [2.45, 2.75) is 56.0 Å². The summed E-state index contributed by atoms with van der Waals surface area (Å²) in [6.45, 7) is 1.74. The van der Waals surface area contributed by atoms with Gasteiger partial charge in [-0.1, -0.05) is 6.07 Å². The third kappa shape index (κ3) is 3.79. The van der Waals surface area contributed by atoms with Crippen LogP contribution in [0.3, 0.4) is 0 Å². The molecular formula is C17H25N3O3S. The number of nitrogens with one attached hydrogen (secondary N) is 3. The molecule has 0 aromatic heterocycles. The van der Waals surface area contributed by atoms with Gasteiger partial charge in [0.1, 0.15) is 0 Å². The first kappa shape index (κ1) is 17.4.